The number of fused-ring (bicyclic) bond motifs is 4. The Morgan fingerprint density at radius 1 is 1.02 bits per heavy atom. The molecule has 3 aliphatic heterocycles. The van der Waals surface area contributed by atoms with Crippen LogP contribution in [-0.2, 0) is 20.9 Å². The standard InChI is InChI=1S/C40H43ClN6O5S/c1-23-12-17-32(38(49)42-23)46-22-28-9-7-11-33(35(28)39(46)50)52-20-8-19-51-18-6-5-10-30(48)21-31-37-45-44-26(4)47(37)40-34(24(2)25(3)53-40)36(43-31)27-13-15-29(41)16-14-27/h7,9,11,13-16,31-32H,1,5-6,8,10,12,17-22H2,2-4H3,(H,42,49)/t31-,32?/m0/s1. The lowest BCUT2D eigenvalue weighted by molar-refractivity contribution is -0.126. The van der Waals surface area contributed by atoms with Crippen molar-refractivity contribution in [3.8, 4) is 10.8 Å². The number of ketones is 1. The number of amides is 2. The van der Waals surface area contributed by atoms with Crippen molar-refractivity contribution >= 4 is 46.2 Å². The highest BCUT2D eigenvalue weighted by Gasteiger charge is 2.39. The summed E-state index contributed by atoms with van der Waals surface area (Å²) < 4.78 is 13.9. The van der Waals surface area contributed by atoms with Crippen molar-refractivity contribution in [3.63, 3.8) is 0 Å². The molecule has 1 unspecified atom stereocenters. The molecular formula is C40H43ClN6O5S. The number of ether oxygens (including phenoxy) is 2. The van der Waals surface area contributed by atoms with Gasteiger partial charge in [0.2, 0.25) is 5.91 Å². The molecule has 0 aliphatic carbocycles. The fourth-order valence-electron chi connectivity index (χ4n) is 7.20. The Balaban J connectivity index is 0.881. The summed E-state index contributed by atoms with van der Waals surface area (Å²) in [5, 5.41) is 13.4. The summed E-state index contributed by atoms with van der Waals surface area (Å²) in [6.07, 6.45) is 3.96. The molecule has 11 nitrogen and oxygen atoms in total. The molecule has 4 aromatic rings. The van der Waals surface area contributed by atoms with E-state index in [0.717, 1.165) is 45.2 Å². The summed E-state index contributed by atoms with van der Waals surface area (Å²) in [7, 11) is 0. The van der Waals surface area contributed by atoms with Crippen LogP contribution in [0, 0.1) is 20.8 Å². The van der Waals surface area contributed by atoms with Crippen molar-refractivity contribution in [1.82, 2.24) is 25.0 Å². The maximum absolute atomic E-state index is 13.4. The molecule has 1 saturated heterocycles. The van der Waals surface area contributed by atoms with Crippen molar-refractivity contribution in [3.05, 3.63) is 104 Å². The number of halogens is 1. The summed E-state index contributed by atoms with van der Waals surface area (Å²) in [5.41, 5.74) is 6.05. The Morgan fingerprint density at radius 3 is 2.60 bits per heavy atom. The van der Waals surface area contributed by atoms with Crippen molar-refractivity contribution in [1.29, 1.82) is 0 Å². The van der Waals surface area contributed by atoms with Crippen LogP contribution in [0.2, 0.25) is 5.02 Å². The fourth-order valence-corrected chi connectivity index (χ4v) is 8.54. The van der Waals surface area contributed by atoms with Crippen molar-refractivity contribution < 1.29 is 23.9 Å². The van der Waals surface area contributed by atoms with E-state index < -0.39 is 12.1 Å². The molecule has 53 heavy (non-hydrogen) atoms. The third-order valence-corrected chi connectivity index (χ3v) is 11.5. The van der Waals surface area contributed by atoms with Crippen LogP contribution in [-0.4, -0.2) is 68.8 Å². The minimum atomic E-state index is -0.510. The highest BCUT2D eigenvalue weighted by molar-refractivity contribution is 7.15. The molecule has 1 N–H and O–H groups in total. The number of rotatable bonds is 14. The first-order valence-corrected chi connectivity index (χ1v) is 19.3. The monoisotopic (exact) mass is 754 g/mol. The third-order valence-electron chi connectivity index (χ3n) is 10.1. The first kappa shape index (κ1) is 36.7. The molecule has 0 spiro atoms. The third kappa shape index (κ3) is 7.58. The summed E-state index contributed by atoms with van der Waals surface area (Å²) in [6, 6.07) is 12.3. The zero-order valence-electron chi connectivity index (χ0n) is 30.2. The van der Waals surface area contributed by atoms with Crippen LogP contribution in [0.15, 0.2) is 59.7 Å². The number of piperidine rings is 1. The summed E-state index contributed by atoms with van der Waals surface area (Å²) in [4.78, 5) is 47.3. The van der Waals surface area contributed by atoms with Crippen LogP contribution in [0.4, 0.5) is 0 Å². The number of hydrogen-bond donors (Lipinski definition) is 1. The Labute approximate surface area is 318 Å². The minimum Gasteiger partial charge on any atom is -0.493 e. The van der Waals surface area contributed by atoms with Gasteiger partial charge in [0.15, 0.2) is 5.82 Å². The Hall–Kier alpha value is -4.65. The van der Waals surface area contributed by atoms with Gasteiger partial charge in [-0.25, -0.2) is 0 Å². The number of unbranched alkanes of at least 4 members (excludes halogenated alkanes) is 1. The number of Topliss-reactive ketones (excluding diaryl/α,β-unsaturated/α-hetero) is 1. The molecule has 1 fully saturated rings. The molecule has 7 rings (SSSR count). The molecule has 2 amide bonds. The van der Waals surface area contributed by atoms with Gasteiger partial charge in [0.25, 0.3) is 5.91 Å². The number of hydrogen-bond acceptors (Lipinski definition) is 9. The van der Waals surface area contributed by atoms with Gasteiger partial charge < -0.3 is 19.7 Å². The smallest absolute Gasteiger partial charge is 0.258 e. The number of carbonyl (C=O) groups is 3. The zero-order valence-corrected chi connectivity index (χ0v) is 31.8. The largest absolute Gasteiger partial charge is 0.493 e. The number of nitrogens with zero attached hydrogens (tertiary/aromatic N) is 5. The molecule has 0 bridgehead atoms. The van der Waals surface area contributed by atoms with Gasteiger partial charge in [0, 0.05) is 65.7 Å². The number of aromatic nitrogens is 3. The number of thiophene rings is 1. The van der Waals surface area contributed by atoms with Crippen LogP contribution >= 0.6 is 22.9 Å². The van der Waals surface area contributed by atoms with Crippen molar-refractivity contribution in [2.45, 2.75) is 84.3 Å². The van der Waals surface area contributed by atoms with E-state index in [9.17, 15) is 14.4 Å². The van der Waals surface area contributed by atoms with E-state index >= 15 is 0 Å². The maximum Gasteiger partial charge on any atom is 0.258 e. The molecule has 2 aromatic carbocycles. The molecule has 13 heteroatoms. The molecule has 2 aromatic heterocycles. The van der Waals surface area contributed by atoms with E-state index in [0.29, 0.717) is 86.3 Å². The zero-order chi connectivity index (χ0) is 37.2. The van der Waals surface area contributed by atoms with Gasteiger partial charge in [0.1, 0.15) is 34.4 Å². The second kappa shape index (κ2) is 15.8. The first-order valence-electron chi connectivity index (χ1n) is 18.1. The van der Waals surface area contributed by atoms with E-state index in [1.165, 1.54) is 4.88 Å². The highest BCUT2D eigenvalue weighted by Crippen LogP contribution is 2.40. The molecular weight excluding hydrogens is 712 g/mol. The SMILES string of the molecule is C=C1CCC(N2Cc3cccc(OCCCOCCCCC(=O)C[C@@H]4N=C(c5ccc(Cl)cc5)c5c(sc(C)c5C)-n5c(C)nnc54)c3C2=O)C(=O)N1. The molecule has 0 radical (unpaired) electrons. The summed E-state index contributed by atoms with van der Waals surface area (Å²) >= 11 is 7.92. The Kier molecular flexibility index (Phi) is 10.9. The number of benzene rings is 2. The fraction of sp³-hybridized carbons (Fsp3) is 0.400. The van der Waals surface area contributed by atoms with Crippen molar-refractivity contribution in [2.75, 3.05) is 19.8 Å². The van der Waals surface area contributed by atoms with Gasteiger partial charge in [-0.1, -0.05) is 42.4 Å². The minimum absolute atomic E-state index is 0.117. The predicted octanol–water partition coefficient (Wildman–Crippen LogP) is 7.16. The van der Waals surface area contributed by atoms with Crippen LogP contribution in [0.5, 0.6) is 5.75 Å². The summed E-state index contributed by atoms with van der Waals surface area (Å²) in [5.74, 6) is 1.72. The topological polar surface area (TPSA) is 128 Å². The average molecular weight is 755 g/mol. The number of nitrogens with one attached hydrogen (secondary N) is 1. The Morgan fingerprint density at radius 2 is 1.81 bits per heavy atom. The molecule has 3 aliphatic rings. The van der Waals surface area contributed by atoms with Gasteiger partial charge in [-0.05, 0) is 75.8 Å². The van der Waals surface area contributed by atoms with Gasteiger partial charge >= 0.3 is 0 Å². The molecule has 2 atom stereocenters. The number of aryl methyl sites for hydroxylation is 2. The second-order valence-electron chi connectivity index (χ2n) is 13.8. The van der Waals surface area contributed by atoms with Gasteiger partial charge in [-0.15, -0.1) is 21.5 Å². The second-order valence-corrected chi connectivity index (χ2v) is 15.4. The lowest BCUT2D eigenvalue weighted by Crippen LogP contribution is -2.49. The number of carbonyl (C=O) groups excluding carboxylic acids is 3. The van der Waals surface area contributed by atoms with E-state index in [2.05, 4.69) is 40.5 Å². The lowest BCUT2D eigenvalue weighted by Gasteiger charge is -2.30. The van der Waals surface area contributed by atoms with E-state index in [-0.39, 0.29) is 24.0 Å². The van der Waals surface area contributed by atoms with Crippen molar-refractivity contribution in [2.24, 2.45) is 4.99 Å². The van der Waals surface area contributed by atoms with Gasteiger partial charge in [0.05, 0.1) is 17.9 Å². The normalized spacial score (nSPS) is 17.9. The molecule has 5 heterocycles. The summed E-state index contributed by atoms with van der Waals surface area (Å²) in [6.45, 7) is 11.8. The van der Waals surface area contributed by atoms with Crippen LogP contribution in [0.25, 0.3) is 5.00 Å². The molecule has 0 saturated carbocycles. The van der Waals surface area contributed by atoms with E-state index in [4.69, 9.17) is 26.1 Å². The van der Waals surface area contributed by atoms with Gasteiger partial charge in [-0.3, -0.25) is 23.9 Å². The number of allylic oxidation sites excluding steroid dienone is 1. The van der Waals surface area contributed by atoms with Crippen LogP contribution in [0.1, 0.15) is 100 Å². The first-order chi connectivity index (χ1) is 25.6. The highest BCUT2D eigenvalue weighted by atomic mass is 35.5. The number of aliphatic imine (C=N–C) groups is 1. The van der Waals surface area contributed by atoms with Gasteiger partial charge in [-0.2, -0.15) is 0 Å². The van der Waals surface area contributed by atoms with E-state index in [1.54, 1.807) is 22.3 Å². The van der Waals surface area contributed by atoms with Crippen LogP contribution in [0.3, 0.4) is 0 Å². The maximum atomic E-state index is 13.4. The lowest BCUT2D eigenvalue weighted by atomic mass is 9.99. The molecule has 276 valence electrons. The average Bonchev–Trinajstić information content (AvgIpc) is 3.75. The quantitative estimate of drug-likeness (QED) is 0.135. The predicted molar refractivity (Wildman–Crippen MR) is 204 cm³/mol. The van der Waals surface area contributed by atoms with E-state index in [1.807, 2.05) is 43.3 Å². The van der Waals surface area contributed by atoms with Crippen LogP contribution < -0.4 is 10.1 Å². The Bertz CT molecular complexity index is 2100.